The topological polar surface area (TPSA) is 17.1 Å². The smallest absolute Gasteiger partial charge is 0.147 e. The van der Waals surface area contributed by atoms with Crippen LogP contribution >= 0.6 is 31.9 Å². The van der Waals surface area contributed by atoms with Crippen LogP contribution in [0.15, 0.2) is 18.2 Å². The minimum atomic E-state index is 0.233. The maximum absolute atomic E-state index is 11.4. The summed E-state index contributed by atoms with van der Waals surface area (Å²) in [6.07, 6.45) is 1.52. The van der Waals surface area contributed by atoms with Crippen LogP contribution in [0.25, 0.3) is 0 Å². The van der Waals surface area contributed by atoms with Crippen molar-refractivity contribution in [2.24, 2.45) is 0 Å². The van der Waals surface area contributed by atoms with Gasteiger partial charge in [-0.2, -0.15) is 0 Å². The van der Waals surface area contributed by atoms with E-state index in [0.717, 1.165) is 11.8 Å². The third-order valence-electron chi connectivity index (χ3n) is 2.40. The van der Waals surface area contributed by atoms with Crippen LogP contribution < -0.4 is 0 Å². The molecule has 0 radical (unpaired) electrons. The van der Waals surface area contributed by atoms with Gasteiger partial charge in [0, 0.05) is 11.8 Å². The molecule has 0 saturated carbocycles. The van der Waals surface area contributed by atoms with Gasteiger partial charge < -0.3 is 0 Å². The molecule has 0 aliphatic carbocycles. The van der Waals surface area contributed by atoms with Crippen LogP contribution in [-0.2, 0) is 23.0 Å². The van der Waals surface area contributed by atoms with E-state index in [2.05, 4.69) is 44.8 Å². The SMILES string of the molecule is CCc1c(CBr)cccc1CC(=O)CBr. The molecule has 1 rings (SSSR count). The summed E-state index contributed by atoms with van der Waals surface area (Å²) in [7, 11) is 0. The molecular formula is C12H14Br2O. The van der Waals surface area contributed by atoms with Crippen LogP contribution in [0.5, 0.6) is 0 Å². The van der Waals surface area contributed by atoms with Gasteiger partial charge in [-0.3, -0.25) is 4.79 Å². The Labute approximate surface area is 108 Å². The Kier molecular flexibility index (Phi) is 5.54. The largest absolute Gasteiger partial charge is 0.298 e. The average Bonchev–Trinajstić information content (AvgIpc) is 2.28. The molecule has 0 amide bonds. The van der Waals surface area contributed by atoms with Gasteiger partial charge in [-0.05, 0) is 23.1 Å². The summed E-state index contributed by atoms with van der Waals surface area (Å²) in [6.45, 7) is 2.13. The number of alkyl halides is 2. The van der Waals surface area contributed by atoms with Gasteiger partial charge >= 0.3 is 0 Å². The first kappa shape index (κ1) is 12.9. The highest BCUT2D eigenvalue weighted by atomic mass is 79.9. The van der Waals surface area contributed by atoms with E-state index in [1.54, 1.807) is 0 Å². The number of rotatable bonds is 5. The number of Topliss-reactive ketones (excluding diaryl/α,β-unsaturated/α-hetero) is 1. The average molecular weight is 334 g/mol. The Morgan fingerprint density at radius 1 is 1.27 bits per heavy atom. The van der Waals surface area contributed by atoms with E-state index < -0.39 is 0 Å². The van der Waals surface area contributed by atoms with E-state index >= 15 is 0 Å². The number of carbonyl (C=O) groups excluding carboxylic acids is 1. The Hall–Kier alpha value is -0.150. The molecule has 0 aliphatic rings. The zero-order chi connectivity index (χ0) is 11.3. The third-order valence-corrected chi connectivity index (χ3v) is 3.63. The first-order valence-corrected chi connectivity index (χ1v) is 7.20. The van der Waals surface area contributed by atoms with Crippen molar-refractivity contribution in [3.63, 3.8) is 0 Å². The number of carbonyl (C=O) groups is 1. The van der Waals surface area contributed by atoms with Gasteiger partial charge in [0.15, 0.2) is 0 Å². The maximum atomic E-state index is 11.4. The van der Waals surface area contributed by atoms with Crippen LogP contribution in [-0.4, -0.2) is 11.1 Å². The number of benzene rings is 1. The lowest BCUT2D eigenvalue weighted by Crippen LogP contribution is -2.07. The summed E-state index contributed by atoms with van der Waals surface area (Å²) in [5, 5.41) is 1.29. The van der Waals surface area contributed by atoms with E-state index in [4.69, 9.17) is 0 Å². The molecule has 3 heteroatoms. The second kappa shape index (κ2) is 6.44. The van der Waals surface area contributed by atoms with Crippen molar-refractivity contribution in [2.75, 3.05) is 5.33 Å². The standard InChI is InChI=1S/C12H14Br2O/c1-2-12-9(6-11(15)8-14)4-3-5-10(12)7-13/h3-5H,2,6-8H2,1H3. The molecule has 0 saturated heterocycles. The van der Waals surface area contributed by atoms with Crippen molar-refractivity contribution in [3.8, 4) is 0 Å². The van der Waals surface area contributed by atoms with E-state index in [9.17, 15) is 4.79 Å². The summed E-state index contributed by atoms with van der Waals surface area (Å²) in [4.78, 5) is 11.4. The molecule has 15 heavy (non-hydrogen) atoms. The van der Waals surface area contributed by atoms with Crippen molar-refractivity contribution in [1.29, 1.82) is 0 Å². The zero-order valence-corrected chi connectivity index (χ0v) is 11.9. The Bertz CT molecular complexity index is 347. The number of hydrogen-bond donors (Lipinski definition) is 0. The fourth-order valence-electron chi connectivity index (χ4n) is 1.69. The van der Waals surface area contributed by atoms with Crippen molar-refractivity contribution in [2.45, 2.75) is 25.1 Å². The zero-order valence-electron chi connectivity index (χ0n) is 8.72. The lowest BCUT2D eigenvalue weighted by Gasteiger charge is -2.10. The van der Waals surface area contributed by atoms with E-state index in [1.807, 2.05) is 12.1 Å². The molecule has 82 valence electrons. The molecule has 0 fully saturated rings. The van der Waals surface area contributed by atoms with Crippen LogP contribution in [0.4, 0.5) is 0 Å². The second-order valence-corrected chi connectivity index (χ2v) is 4.51. The molecular weight excluding hydrogens is 320 g/mol. The Balaban J connectivity index is 3.00. The van der Waals surface area contributed by atoms with E-state index in [1.165, 1.54) is 16.7 Å². The highest BCUT2D eigenvalue weighted by Crippen LogP contribution is 2.19. The van der Waals surface area contributed by atoms with Gasteiger partial charge in [0.25, 0.3) is 0 Å². The first-order chi connectivity index (χ1) is 7.22. The van der Waals surface area contributed by atoms with Gasteiger partial charge in [0.1, 0.15) is 5.78 Å². The predicted octanol–water partition coefficient (Wildman–Crippen LogP) is 3.65. The van der Waals surface area contributed by atoms with Gasteiger partial charge in [-0.15, -0.1) is 0 Å². The normalized spacial score (nSPS) is 10.3. The van der Waals surface area contributed by atoms with Gasteiger partial charge in [0.05, 0.1) is 5.33 Å². The van der Waals surface area contributed by atoms with Crippen LogP contribution in [0.2, 0.25) is 0 Å². The third kappa shape index (κ3) is 3.42. The number of ketones is 1. The summed E-state index contributed by atoms with van der Waals surface area (Å²) >= 11 is 6.67. The summed E-state index contributed by atoms with van der Waals surface area (Å²) in [5.74, 6) is 0.233. The van der Waals surface area contributed by atoms with Gasteiger partial charge in [-0.25, -0.2) is 0 Å². The Morgan fingerprint density at radius 3 is 2.47 bits per heavy atom. The Morgan fingerprint density at radius 2 is 1.93 bits per heavy atom. The van der Waals surface area contributed by atoms with E-state index in [-0.39, 0.29) is 5.78 Å². The van der Waals surface area contributed by atoms with Crippen molar-refractivity contribution in [3.05, 3.63) is 34.9 Å². The molecule has 0 spiro atoms. The fraction of sp³-hybridized carbons (Fsp3) is 0.417. The van der Waals surface area contributed by atoms with Gasteiger partial charge in [-0.1, -0.05) is 57.0 Å². The lowest BCUT2D eigenvalue weighted by atomic mass is 9.96. The minimum absolute atomic E-state index is 0.233. The maximum Gasteiger partial charge on any atom is 0.147 e. The monoisotopic (exact) mass is 332 g/mol. The summed E-state index contributed by atoms with van der Waals surface area (Å²) in [6, 6.07) is 6.17. The van der Waals surface area contributed by atoms with Crippen molar-refractivity contribution in [1.82, 2.24) is 0 Å². The first-order valence-electron chi connectivity index (χ1n) is 4.96. The molecule has 0 unspecified atom stereocenters. The van der Waals surface area contributed by atoms with Gasteiger partial charge in [0.2, 0.25) is 0 Å². The van der Waals surface area contributed by atoms with E-state index in [0.29, 0.717) is 11.8 Å². The number of halogens is 2. The molecule has 1 aromatic carbocycles. The number of hydrogen-bond acceptors (Lipinski definition) is 1. The summed E-state index contributed by atoms with van der Waals surface area (Å²) in [5.41, 5.74) is 3.76. The molecule has 0 atom stereocenters. The summed E-state index contributed by atoms with van der Waals surface area (Å²) < 4.78 is 0. The predicted molar refractivity (Wildman–Crippen MR) is 71.0 cm³/mol. The molecule has 0 bridgehead atoms. The van der Waals surface area contributed by atoms with Crippen molar-refractivity contribution >= 4 is 37.6 Å². The molecule has 0 heterocycles. The molecule has 0 aliphatic heterocycles. The second-order valence-electron chi connectivity index (χ2n) is 3.39. The van der Waals surface area contributed by atoms with Crippen LogP contribution in [0, 0.1) is 0 Å². The minimum Gasteiger partial charge on any atom is -0.298 e. The molecule has 0 aromatic heterocycles. The highest BCUT2D eigenvalue weighted by Gasteiger charge is 2.08. The lowest BCUT2D eigenvalue weighted by molar-refractivity contribution is -0.115. The van der Waals surface area contributed by atoms with Crippen molar-refractivity contribution < 1.29 is 4.79 Å². The molecule has 1 nitrogen and oxygen atoms in total. The molecule has 1 aromatic rings. The van der Waals surface area contributed by atoms with Crippen LogP contribution in [0.1, 0.15) is 23.6 Å². The van der Waals surface area contributed by atoms with Crippen LogP contribution in [0.3, 0.4) is 0 Å². The fourth-order valence-corrected chi connectivity index (χ4v) is 2.42. The quantitative estimate of drug-likeness (QED) is 0.752. The highest BCUT2D eigenvalue weighted by molar-refractivity contribution is 9.09. The molecule has 0 N–H and O–H groups in total.